The molecule has 3 heterocycles. The molecule has 33 heavy (non-hydrogen) atoms. The zero-order valence-corrected chi connectivity index (χ0v) is 20.0. The first-order valence-electron chi connectivity index (χ1n) is 11.8. The van der Waals surface area contributed by atoms with Gasteiger partial charge in [-0.15, -0.1) is 11.3 Å². The normalized spacial score (nSPS) is 15.7. The maximum Gasteiger partial charge on any atom is 0.245 e. The van der Waals surface area contributed by atoms with Crippen molar-refractivity contribution >= 4 is 23.2 Å². The van der Waals surface area contributed by atoms with Crippen LogP contribution in [0, 0.1) is 0 Å². The molecule has 1 saturated heterocycles. The summed E-state index contributed by atoms with van der Waals surface area (Å²) in [6.07, 6.45) is 6.06. The summed E-state index contributed by atoms with van der Waals surface area (Å²) in [4.78, 5) is 30.4. The van der Waals surface area contributed by atoms with E-state index in [-0.39, 0.29) is 17.9 Å². The van der Waals surface area contributed by atoms with Crippen molar-refractivity contribution in [3.05, 3.63) is 64.5 Å². The highest BCUT2D eigenvalue weighted by molar-refractivity contribution is 7.10. The van der Waals surface area contributed by atoms with Crippen LogP contribution in [0.3, 0.4) is 0 Å². The molecule has 0 aliphatic carbocycles. The monoisotopic (exact) mass is 464 g/mol. The number of rotatable bonds is 10. The molecule has 1 aliphatic heterocycles. The number of carbonyl (C=O) groups excluding carboxylic acids is 2. The minimum absolute atomic E-state index is 0.0659. The highest BCUT2D eigenvalue weighted by Crippen LogP contribution is 2.22. The highest BCUT2D eigenvalue weighted by atomic mass is 32.1. The van der Waals surface area contributed by atoms with Crippen molar-refractivity contribution in [2.75, 3.05) is 20.1 Å². The average Bonchev–Trinajstić information content (AvgIpc) is 3.60. The van der Waals surface area contributed by atoms with E-state index in [2.05, 4.69) is 28.4 Å². The third-order valence-electron chi connectivity index (χ3n) is 6.28. The van der Waals surface area contributed by atoms with Gasteiger partial charge < -0.3 is 9.80 Å². The molecule has 4 rings (SSSR count). The Morgan fingerprint density at radius 3 is 2.79 bits per heavy atom. The van der Waals surface area contributed by atoms with Crippen LogP contribution in [0.5, 0.6) is 0 Å². The van der Waals surface area contributed by atoms with Crippen molar-refractivity contribution in [2.45, 2.75) is 51.0 Å². The van der Waals surface area contributed by atoms with Gasteiger partial charge in [-0.2, -0.15) is 5.10 Å². The molecule has 0 radical (unpaired) electrons. The number of aromatic nitrogens is 2. The van der Waals surface area contributed by atoms with Gasteiger partial charge in [0.1, 0.15) is 6.04 Å². The van der Waals surface area contributed by atoms with Crippen LogP contribution in [0.15, 0.2) is 53.9 Å². The van der Waals surface area contributed by atoms with Crippen molar-refractivity contribution < 1.29 is 9.59 Å². The second-order valence-corrected chi connectivity index (χ2v) is 9.75. The lowest BCUT2D eigenvalue weighted by atomic mass is 10.1. The molecule has 1 unspecified atom stereocenters. The molecule has 2 amide bonds. The number of amides is 2. The Bertz CT molecular complexity index is 1030. The minimum atomic E-state index is -0.302. The van der Waals surface area contributed by atoms with Crippen LogP contribution < -0.4 is 0 Å². The number of likely N-dealkylation sites (tertiary alicyclic amines) is 1. The van der Waals surface area contributed by atoms with Crippen molar-refractivity contribution in [3.63, 3.8) is 0 Å². The topological polar surface area (TPSA) is 69.3 Å². The Labute approximate surface area is 199 Å². The minimum Gasteiger partial charge on any atom is -0.344 e. The quantitative estimate of drug-likeness (QED) is 0.448. The van der Waals surface area contributed by atoms with Crippen molar-refractivity contribution in [1.29, 1.82) is 0 Å². The lowest BCUT2D eigenvalue weighted by molar-refractivity contribution is -0.142. The zero-order valence-electron chi connectivity index (χ0n) is 19.2. The number of carbonyl (C=O) groups is 2. The number of aromatic amines is 1. The smallest absolute Gasteiger partial charge is 0.245 e. The molecule has 6 nitrogen and oxygen atoms in total. The van der Waals surface area contributed by atoms with Gasteiger partial charge in [0.05, 0.1) is 12.1 Å². The molecule has 1 N–H and O–H groups in total. The molecular formula is C26H32N4O2S. The number of likely N-dealkylation sites (N-methyl/N-ethyl adjacent to an activating group) is 1. The van der Waals surface area contributed by atoms with E-state index in [0.29, 0.717) is 13.0 Å². The second-order valence-electron chi connectivity index (χ2n) is 8.72. The van der Waals surface area contributed by atoms with Crippen LogP contribution in [0.2, 0.25) is 0 Å². The predicted octanol–water partition coefficient (Wildman–Crippen LogP) is 4.54. The first kappa shape index (κ1) is 23.2. The molecule has 1 fully saturated rings. The SMILES string of the molecule is CN(CCCCCc1cc(-c2ccccc2)n[nH]1)C(=O)C1CCCN1C(=O)Cc1cccs1. The molecule has 3 aromatic rings. The number of aryl methyl sites for hydroxylation is 1. The Morgan fingerprint density at radius 2 is 2.00 bits per heavy atom. The van der Waals surface area contributed by atoms with Gasteiger partial charge >= 0.3 is 0 Å². The van der Waals surface area contributed by atoms with E-state index in [4.69, 9.17) is 0 Å². The van der Waals surface area contributed by atoms with Gasteiger partial charge in [-0.3, -0.25) is 14.7 Å². The Balaban J connectivity index is 1.18. The lowest BCUT2D eigenvalue weighted by Crippen LogP contribution is -2.47. The molecule has 174 valence electrons. The number of nitrogens with one attached hydrogen (secondary N) is 1. The number of hydrogen-bond acceptors (Lipinski definition) is 4. The van der Waals surface area contributed by atoms with Crippen LogP contribution in [0.1, 0.15) is 42.7 Å². The predicted molar refractivity (Wildman–Crippen MR) is 132 cm³/mol. The molecular weight excluding hydrogens is 432 g/mol. The molecule has 0 saturated carbocycles. The average molecular weight is 465 g/mol. The van der Waals surface area contributed by atoms with E-state index < -0.39 is 0 Å². The maximum absolute atomic E-state index is 13.0. The van der Waals surface area contributed by atoms with E-state index >= 15 is 0 Å². The van der Waals surface area contributed by atoms with E-state index in [1.54, 1.807) is 16.2 Å². The molecule has 0 bridgehead atoms. The summed E-state index contributed by atoms with van der Waals surface area (Å²) in [5.74, 6) is 0.143. The fourth-order valence-corrected chi connectivity index (χ4v) is 5.13. The van der Waals surface area contributed by atoms with Gasteiger partial charge in [-0.05, 0) is 49.6 Å². The van der Waals surface area contributed by atoms with Crippen molar-refractivity contribution in [1.82, 2.24) is 20.0 Å². The Morgan fingerprint density at radius 1 is 1.15 bits per heavy atom. The highest BCUT2D eigenvalue weighted by Gasteiger charge is 2.35. The van der Waals surface area contributed by atoms with Crippen LogP contribution in [0.25, 0.3) is 11.3 Å². The summed E-state index contributed by atoms with van der Waals surface area (Å²) in [6.45, 7) is 1.41. The van der Waals surface area contributed by atoms with Crippen LogP contribution >= 0.6 is 11.3 Å². The molecule has 2 aromatic heterocycles. The second kappa shape index (κ2) is 11.3. The van der Waals surface area contributed by atoms with Gasteiger partial charge in [0, 0.05) is 36.3 Å². The van der Waals surface area contributed by atoms with Crippen LogP contribution in [-0.2, 0) is 22.4 Å². The summed E-state index contributed by atoms with van der Waals surface area (Å²) in [5, 5.41) is 9.54. The van der Waals surface area contributed by atoms with E-state index in [1.165, 1.54) is 0 Å². The number of thiophene rings is 1. The number of unbranched alkanes of at least 4 members (excludes halogenated alkanes) is 2. The number of hydrogen-bond donors (Lipinski definition) is 1. The summed E-state index contributed by atoms with van der Waals surface area (Å²) < 4.78 is 0. The first-order valence-corrected chi connectivity index (χ1v) is 12.7. The number of H-pyrrole nitrogens is 1. The number of benzene rings is 1. The van der Waals surface area contributed by atoms with Gasteiger partial charge in [0.25, 0.3) is 0 Å². The third kappa shape index (κ3) is 6.11. The molecule has 7 heteroatoms. The maximum atomic E-state index is 13.0. The molecule has 1 atom stereocenters. The number of nitrogens with zero attached hydrogens (tertiary/aromatic N) is 3. The van der Waals surface area contributed by atoms with Crippen LogP contribution in [0.4, 0.5) is 0 Å². The van der Waals surface area contributed by atoms with Gasteiger partial charge in [0.2, 0.25) is 11.8 Å². The molecule has 0 spiro atoms. The van der Waals surface area contributed by atoms with E-state index in [9.17, 15) is 9.59 Å². The largest absolute Gasteiger partial charge is 0.344 e. The van der Waals surface area contributed by atoms with Gasteiger partial charge in [-0.25, -0.2) is 0 Å². The Kier molecular flexibility index (Phi) is 7.94. The van der Waals surface area contributed by atoms with E-state index in [1.807, 2.05) is 47.7 Å². The van der Waals surface area contributed by atoms with Gasteiger partial charge in [0.15, 0.2) is 0 Å². The van der Waals surface area contributed by atoms with E-state index in [0.717, 1.165) is 66.9 Å². The zero-order chi connectivity index (χ0) is 23.0. The summed E-state index contributed by atoms with van der Waals surface area (Å²) in [7, 11) is 1.86. The van der Waals surface area contributed by atoms with Crippen molar-refractivity contribution in [2.24, 2.45) is 0 Å². The first-order chi connectivity index (χ1) is 16.1. The summed E-state index contributed by atoms with van der Waals surface area (Å²) in [6, 6.07) is 15.9. The Hall–Kier alpha value is -2.93. The third-order valence-corrected chi connectivity index (χ3v) is 7.16. The molecule has 1 aromatic carbocycles. The van der Waals surface area contributed by atoms with Crippen LogP contribution in [-0.4, -0.2) is 58.0 Å². The fraction of sp³-hybridized carbons (Fsp3) is 0.423. The standard InChI is InChI=1S/C26H32N4O2S/c1-29(26(32)24-14-8-16-30(24)25(31)19-22-13-9-17-33-22)15-7-3-6-12-21-18-23(28-27-21)20-10-4-2-5-11-20/h2,4-5,9-11,13,17-18,24H,3,6-8,12,14-16,19H2,1H3,(H,27,28). The summed E-state index contributed by atoms with van der Waals surface area (Å²) >= 11 is 1.59. The fourth-order valence-electron chi connectivity index (χ4n) is 4.44. The molecule has 1 aliphatic rings. The summed E-state index contributed by atoms with van der Waals surface area (Å²) in [5.41, 5.74) is 3.24. The van der Waals surface area contributed by atoms with Gasteiger partial charge in [-0.1, -0.05) is 42.8 Å². The van der Waals surface area contributed by atoms with Crippen molar-refractivity contribution in [3.8, 4) is 11.3 Å². The lowest BCUT2D eigenvalue weighted by Gasteiger charge is -2.28.